The van der Waals surface area contributed by atoms with Gasteiger partial charge in [0, 0.05) is 12.6 Å². The van der Waals surface area contributed by atoms with Crippen LogP contribution in [0.15, 0.2) is 83.8 Å². The quantitative estimate of drug-likeness (QED) is 0.283. The number of halogens is 1. The molecule has 2 atom stereocenters. The molecule has 40 heavy (non-hydrogen) atoms. The van der Waals surface area contributed by atoms with E-state index in [4.69, 9.17) is 11.6 Å². The van der Waals surface area contributed by atoms with Crippen molar-refractivity contribution in [1.29, 1.82) is 0 Å². The van der Waals surface area contributed by atoms with Gasteiger partial charge in [-0.15, -0.1) is 0 Å². The fraction of sp³-hybridized carbons (Fsp3) is 0.355. The molecular weight excluding hydrogens is 546 g/mol. The summed E-state index contributed by atoms with van der Waals surface area (Å²) in [5, 5.41) is 3.18. The Labute approximate surface area is 243 Å². The van der Waals surface area contributed by atoms with E-state index in [0.29, 0.717) is 12.8 Å². The maximum atomic E-state index is 14.0. The summed E-state index contributed by atoms with van der Waals surface area (Å²) in [5.41, 5.74) is 2.11. The molecule has 3 aromatic carbocycles. The van der Waals surface area contributed by atoms with Crippen LogP contribution < -0.4 is 9.62 Å². The zero-order valence-corrected chi connectivity index (χ0v) is 25.1. The highest BCUT2D eigenvalue weighted by atomic mass is 35.5. The van der Waals surface area contributed by atoms with E-state index in [-0.39, 0.29) is 34.1 Å². The molecule has 0 bridgehead atoms. The molecule has 0 saturated heterocycles. The predicted molar refractivity (Wildman–Crippen MR) is 161 cm³/mol. The molecule has 2 amide bonds. The molecule has 3 rings (SSSR count). The number of hydrogen-bond acceptors (Lipinski definition) is 4. The second kappa shape index (κ2) is 14.3. The van der Waals surface area contributed by atoms with Crippen LogP contribution in [0.1, 0.15) is 44.7 Å². The number of aryl methyl sites for hydroxylation is 1. The van der Waals surface area contributed by atoms with Crippen molar-refractivity contribution in [2.75, 3.05) is 17.4 Å². The van der Waals surface area contributed by atoms with E-state index in [1.54, 1.807) is 36.4 Å². The summed E-state index contributed by atoms with van der Waals surface area (Å²) < 4.78 is 28.9. The number of anilines is 1. The first-order valence-electron chi connectivity index (χ1n) is 13.6. The molecule has 3 aromatic rings. The Balaban J connectivity index is 2.02. The number of para-hydroxylation sites is 1. The minimum atomic E-state index is -4.16. The van der Waals surface area contributed by atoms with E-state index < -0.39 is 28.5 Å². The van der Waals surface area contributed by atoms with Gasteiger partial charge in [0.2, 0.25) is 11.8 Å². The second-order valence-electron chi connectivity index (χ2n) is 9.84. The van der Waals surface area contributed by atoms with Crippen LogP contribution in [-0.2, 0) is 26.0 Å². The Kier molecular flexibility index (Phi) is 11.2. The first-order valence-corrected chi connectivity index (χ1v) is 15.4. The molecule has 0 radical (unpaired) electrons. The molecule has 214 valence electrons. The van der Waals surface area contributed by atoms with Crippen LogP contribution in [0.3, 0.4) is 0 Å². The van der Waals surface area contributed by atoms with Crippen LogP contribution in [-0.4, -0.2) is 50.3 Å². The van der Waals surface area contributed by atoms with Gasteiger partial charge in [-0.2, -0.15) is 0 Å². The number of nitrogens with zero attached hydrogens (tertiary/aromatic N) is 2. The zero-order chi connectivity index (χ0) is 29.3. The number of carbonyl (C=O) groups is 2. The van der Waals surface area contributed by atoms with Gasteiger partial charge in [0.05, 0.1) is 15.6 Å². The van der Waals surface area contributed by atoms with E-state index in [0.717, 1.165) is 21.9 Å². The van der Waals surface area contributed by atoms with Gasteiger partial charge in [-0.05, 0) is 62.9 Å². The molecule has 0 fully saturated rings. The monoisotopic (exact) mass is 583 g/mol. The Morgan fingerprint density at radius 2 is 1.52 bits per heavy atom. The minimum Gasteiger partial charge on any atom is -0.352 e. The van der Waals surface area contributed by atoms with Gasteiger partial charge < -0.3 is 10.2 Å². The van der Waals surface area contributed by atoms with Crippen molar-refractivity contribution in [3.63, 3.8) is 0 Å². The summed E-state index contributed by atoms with van der Waals surface area (Å²) in [4.78, 5) is 28.9. The third-order valence-corrected chi connectivity index (χ3v) is 8.97. The largest absolute Gasteiger partial charge is 0.352 e. The van der Waals surface area contributed by atoms with Crippen LogP contribution >= 0.6 is 11.6 Å². The van der Waals surface area contributed by atoms with Crippen molar-refractivity contribution in [1.82, 2.24) is 10.2 Å². The minimum absolute atomic E-state index is 0.0446. The number of sulfonamides is 1. The summed E-state index contributed by atoms with van der Waals surface area (Å²) in [5.74, 6) is -0.748. The average Bonchev–Trinajstić information content (AvgIpc) is 2.94. The fourth-order valence-electron chi connectivity index (χ4n) is 4.34. The molecule has 0 aliphatic carbocycles. The molecule has 9 heteroatoms. The van der Waals surface area contributed by atoms with Crippen LogP contribution in [0.2, 0.25) is 5.02 Å². The summed E-state index contributed by atoms with van der Waals surface area (Å²) in [6.45, 7) is 7.33. The van der Waals surface area contributed by atoms with Crippen molar-refractivity contribution in [2.45, 2.75) is 63.9 Å². The Bertz CT molecular complexity index is 1380. The summed E-state index contributed by atoms with van der Waals surface area (Å²) in [6.07, 6.45) is 1.63. The highest BCUT2D eigenvalue weighted by Gasteiger charge is 2.34. The highest BCUT2D eigenvalue weighted by molar-refractivity contribution is 7.92. The van der Waals surface area contributed by atoms with E-state index in [1.165, 1.54) is 17.0 Å². The number of rotatable bonds is 13. The summed E-state index contributed by atoms with van der Waals surface area (Å²) in [7, 11) is -4.16. The molecule has 0 aliphatic rings. The number of amides is 2. The zero-order valence-electron chi connectivity index (χ0n) is 23.5. The number of hydrogen-bond donors (Lipinski definition) is 1. The lowest BCUT2D eigenvalue weighted by Gasteiger charge is -2.34. The molecule has 0 heterocycles. The van der Waals surface area contributed by atoms with E-state index in [1.807, 2.05) is 58.0 Å². The van der Waals surface area contributed by atoms with Crippen LogP contribution in [0.4, 0.5) is 5.69 Å². The maximum absolute atomic E-state index is 14.0. The Morgan fingerprint density at radius 1 is 0.900 bits per heavy atom. The Hall–Kier alpha value is -3.36. The lowest BCUT2D eigenvalue weighted by atomic mass is 10.1. The van der Waals surface area contributed by atoms with Crippen molar-refractivity contribution in [2.24, 2.45) is 0 Å². The van der Waals surface area contributed by atoms with Crippen LogP contribution in [0, 0.1) is 6.92 Å². The van der Waals surface area contributed by atoms with Gasteiger partial charge in [-0.25, -0.2) is 8.42 Å². The van der Waals surface area contributed by atoms with E-state index >= 15 is 0 Å². The first kappa shape index (κ1) is 31.2. The predicted octanol–water partition coefficient (Wildman–Crippen LogP) is 5.61. The highest BCUT2D eigenvalue weighted by Crippen LogP contribution is 2.30. The lowest BCUT2D eigenvalue weighted by molar-refractivity contribution is -0.139. The first-order chi connectivity index (χ1) is 19.1. The van der Waals surface area contributed by atoms with Crippen molar-refractivity contribution in [3.8, 4) is 0 Å². The fourth-order valence-corrected chi connectivity index (χ4v) is 6.06. The van der Waals surface area contributed by atoms with Crippen LogP contribution in [0.5, 0.6) is 0 Å². The van der Waals surface area contributed by atoms with Crippen molar-refractivity contribution < 1.29 is 18.0 Å². The molecular formula is C31H38ClN3O4S. The van der Waals surface area contributed by atoms with Gasteiger partial charge in [-0.1, -0.05) is 85.6 Å². The SMILES string of the molecule is CCC(C)NC(=O)C(CC)N(CCc1ccccc1)C(=O)CN(c1ccccc1Cl)S(=O)(=O)c1ccc(C)cc1. The normalized spacial score (nSPS) is 12.8. The van der Waals surface area contributed by atoms with Gasteiger partial charge in [0.1, 0.15) is 12.6 Å². The topological polar surface area (TPSA) is 86.8 Å². The molecule has 7 nitrogen and oxygen atoms in total. The van der Waals surface area contributed by atoms with Gasteiger partial charge in [0.25, 0.3) is 10.0 Å². The van der Waals surface area contributed by atoms with Crippen molar-refractivity contribution in [3.05, 3.63) is 95.0 Å². The summed E-state index contributed by atoms with van der Waals surface area (Å²) >= 11 is 6.46. The second-order valence-corrected chi connectivity index (χ2v) is 12.1. The molecule has 0 aliphatic heterocycles. The summed E-state index contributed by atoms with van der Waals surface area (Å²) in [6, 6.07) is 21.8. The average molecular weight is 584 g/mol. The molecule has 2 unspecified atom stereocenters. The smallest absolute Gasteiger partial charge is 0.264 e. The molecule has 0 spiro atoms. The number of nitrogens with one attached hydrogen (secondary N) is 1. The van der Waals surface area contributed by atoms with E-state index in [2.05, 4.69) is 5.32 Å². The standard InChI is InChI=1S/C31H38ClN3O4S/c1-5-24(4)33-31(37)28(6-2)34(21-20-25-12-8-7-9-13-25)30(36)22-35(29-15-11-10-14-27(29)32)40(38,39)26-18-16-23(3)17-19-26/h7-19,24,28H,5-6,20-22H2,1-4H3,(H,33,37). The van der Waals surface area contributed by atoms with Gasteiger partial charge in [-0.3, -0.25) is 13.9 Å². The Morgan fingerprint density at radius 3 is 2.12 bits per heavy atom. The molecule has 1 N–H and O–H groups in total. The lowest BCUT2D eigenvalue weighted by Crippen LogP contribution is -2.54. The third-order valence-electron chi connectivity index (χ3n) is 6.88. The maximum Gasteiger partial charge on any atom is 0.264 e. The van der Waals surface area contributed by atoms with Crippen molar-refractivity contribution >= 4 is 39.1 Å². The van der Waals surface area contributed by atoms with Gasteiger partial charge >= 0.3 is 0 Å². The third kappa shape index (κ3) is 7.86. The van der Waals surface area contributed by atoms with E-state index in [9.17, 15) is 18.0 Å². The van der Waals surface area contributed by atoms with Gasteiger partial charge in [0.15, 0.2) is 0 Å². The molecule has 0 aromatic heterocycles. The van der Waals surface area contributed by atoms with Crippen LogP contribution in [0.25, 0.3) is 0 Å². The number of carbonyl (C=O) groups excluding carboxylic acids is 2. The molecule has 0 saturated carbocycles. The number of benzene rings is 3.